The van der Waals surface area contributed by atoms with E-state index in [4.69, 9.17) is 0 Å². The maximum absolute atomic E-state index is 11.1. The summed E-state index contributed by atoms with van der Waals surface area (Å²) in [7, 11) is -2.84. The molecule has 0 spiro atoms. The number of hydrogen-bond acceptors (Lipinski definition) is 3. The molecule has 1 aliphatic heterocycles. The Morgan fingerprint density at radius 3 is 2.36 bits per heavy atom. The Hall–Kier alpha value is 0.390. The number of aliphatic hydroxyl groups is 1. The van der Waals surface area contributed by atoms with Crippen LogP contribution >= 0.6 is 15.9 Å². The molecule has 0 aromatic rings. The topological polar surface area (TPSA) is 54.4 Å². The van der Waals surface area contributed by atoms with E-state index in [9.17, 15) is 13.5 Å². The zero-order valence-electron chi connectivity index (χ0n) is 5.77. The molecule has 2 rings (SSSR count). The molecule has 1 aliphatic carbocycles. The van der Waals surface area contributed by atoms with Crippen molar-refractivity contribution in [3.05, 3.63) is 0 Å². The Morgan fingerprint density at radius 2 is 1.82 bits per heavy atom. The zero-order chi connectivity index (χ0) is 8.22. The maximum Gasteiger partial charge on any atom is 0.151 e. The fourth-order valence-electron chi connectivity index (χ4n) is 1.93. The molecule has 1 N–H and O–H groups in total. The largest absolute Gasteiger partial charge is 0.392 e. The summed E-state index contributed by atoms with van der Waals surface area (Å²) in [6.07, 6.45) is -0.447. The van der Waals surface area contributed by atoms with Crippen LogP contribution in [0.4, 0.5) is 0 Å². The van der Waals surface area contributed by atoms with Gasteiger partial charge < -0.3 is 5.11 Å². The molecule has 11 heavy (non-hydrogen) atoms. The number of aliphatic hydroxyl groups excluding tert-OH is 1. The van der Waals surface area contributed by atoms with Gasteiger partial charge in [0.1, 0.15) is 0 Å². The molecule has 0 unspecified atom stereocenters. The van der Waals surface area contributed by atoms with Crippen molar-refractivity contribution in [2.75, 3.05) is 11.5 Å². The van der Waals surface area contributed by atoms with Crippen LogP contribution in [0.2, 0.25) is 0 Å². The van der Waals surface area contributed by atoms with E-state index in [-0.39, 0.29) is 28.2 Å². The summed E-state index contributed by atoms with van der Waals surface area (Å²) in [5, 5.41) is 9.31. The normalized spacial score (nSPS) is 53.3. The molecule has 64 valence electrons. The van der Waals surface area contributed by atoms with Crippen molar-refractivity contribution in [1.29, 1.82) is 0 Å². The molecule has 3 nitrogen and oxygen atoms in total. The number of rotatable bonds is 0. The van der Waals surface area contributed by atoms with Gasteiger partial charge in [-0.05, 0) is 5.92 Å². The molecule has 1 saturated carbocycles. The third kappa shape index (κ3) is 1.05. The first-order valence-electron chi connectivity index (χ1n) is 3.54. The van der Waals surface area contributed by atoms with Crippen LogP contribution in [0.15, 0.2) is 0 Å². The fourth-order valence-corrected chi connectivity index (χ4v) is 5.35. The monoisotopic (exact) mass is 240 g/mol. The standard InChI is InChI=1S/C6H9BrO3S/c7-5-3-1-11(9,10)2-4(3)6(5)8/h3-6,8H,1-2H2/t3-,4+,5+,6+/m1/s1. The Kier molecular flexibility index (Phi) is 1.60. The Bertz CT molecular complexity index is 252. The summed E-state index contributed by atoms with van der Waals surface area (Å²) in [5.74, 6) is 0.602. The molecule has 2 aliphatic rings. The molecule has 2 fully saturated rings. The van der Waals surface area contributed by atoms with Gasteiger partial charge in [0, 0.05) is 10.7 Å². The second kappa shape index (κ2) is 2.20. The van der Waals surface area contributed by atoms with Gasteiger partial charge in [0.2, 0.25) is 0 Å². The van der Waals surface area contributed by atoms with Crippen molar-refractivity contribution in [3.63, 3.8) is 0 Å². The van der Waals surface area contributed by atoms with Gasteiger partial charge in [-0.25, -0.2) is 8.42 Å². The van der Waals surface area contributed by atoms with E-state index < -0.39 is 15.9 Å². The van der Waals surface area contributed by atoms with Gasteiger partial charge in [0.05, 0.1) is 17.6 Å². The predicted molar refractivity (Wildman–Crippen MR) is 44.4 cm³/mol. The van der Waals surface area contributed by atoms with Crippen LogP contribution in [-0.4, -0.2) is 36.0 Å². The Morgan fingerprint density at radius 1 is 1.27 bits per heavy atom. The first-order valence-corrected chi connectivity index (χ1v) is 6.27. The van der Waals surface area contributed by atoms with Gasteiger partial charge in [-0.2, -0.15) is 0 Å². The summed E-state index contributed by atoms with van der Waals surface area (Å²) in [4.78, 5) is 0.00442. The summed E-state index contributed by atoms with van der Waals surface area (Å²) in [5.41, 5.74) is 0. The first-order chi connectivity index (χ1) is 5.01. The first kappa shape index (κ1) is 8.01. The molecule has 0 amide bonds. The van der Waals surface area contributed by atoms with Gasteiger partial charge in [-0.15, -0.1) is 0 Å². The highest BCUT2D eigenvalue weighted by Crippen LogP contribution is 2.46. The second-order valence-corrected chi connectivity index (χ2v) is 6.55. The molecule has 0 aromatic heterocycles. The van der Waals surface area contributed by atoms with E-state index in [1.54, 1.807) is 0 Å². The van der Waals surface area contributed by atoms with E-state index in [1.165, 1.54) is 0 Å². The highest BCUT2D eigenvalue weighted by molar-refractivity contribution is 9.09. The van der Waals surface area contributed by atoms with Gasteiger partial charge in [-0.1, -0.05) is 15.9 Å². The van der Waals surface area contributed by atoms with E-state index in [1.807, 2.05) is 0 Å². The van der Waals surface area contributed by atoms with Crippen molar-refractivity contribution in [3.8, 4) is 0 Å². The minimum absolute atomic E-state index is 0.00405. The highest BCUT2D eigenvalue weighted by Gasteiger charge is 2.55. The van der Waals surface area contributed by atoms with E-state index in [0.717, 1.165) is 0 Å². The van der Waals surface area contributed by atoms with Crippen LogP contribution in [0.25, 0.3) is 0 Å². The second-order valence-electron chi connectivity index (χ2n) is 3.34. The summed E-state index contributed by atoms with van der Waals surface area (Å²) < 4.78 is 22.1. The van der Waals surface area contributed by atoms with Crippen molar-refractivity contribution in [2.24, 2.45) is 11.8 Å². The van der Waals surface area contributed by atoms with Gasteiger partial charge in [0.15, 0.2) is 9.84 Å². The van der Waals surface area contributed by atoms with Crippen molar-refractivity contribution in [1.82, 2.24) is 0 Å². The third-order valence-electron chi connectivity index (χ3n) is 2.62. The summed E-state index contributed by atoms with van der Waals surface area (Å²) in [6.45, 7) is 0. The maximum atomic E-state index is 11.1. The van der Waals surface area contributed by atoms with Crippen molar-refractivity contribution < 1.29 is 13.5 Å². The Labute approximate surface area is 73.8 Å². The fraction of sp³-hybridized carbons (Fsp3) is 1.00. The lowest BCUT2D eigenvalue weighted by Gasteiger charge is -2.40. The van der Waals surface area contributed by atoms with Crippen LogP contribution in [0, 0.1) is 11.8 Å². The molecule has 4 atom stereocenters. The third-order valence-corrected chi connectivity index (χ3v) is 5.62. The summed E-state index contributed by atoms with van der Waals surface area (Å²) in [6, 6.07) is 0. The van der Waals surface area contributed by atoms with Crippen LogP contribution in [0.5, 0.6) is 0 Å². The van der Waals surface area contributed by atoms with Gasteiger partial charge in [0.25, 0.3) is 0 Å². The van der Waals surface area contributed by atoms with Crippen LogP contribution in [-0.2, 0) is 9.84 Å². The highest BCUT2D eigenvalue weighted by atomic mass is 79.9. The molecule has 0 radical (unpaired) electrons. The lowest BCUT2D eigenvalue weighted by atomic mass is 9.73. The van der Waals surface area contributed by atoms with Crippen LogP contribution < -0.4 is 0 Å². The molecule has 1 heterocycles. The average molecular weight is 241 g/mol. The number of alkyl halides is 1. The lowest BCUT2D eigenvalue weighted by Crippen LogP contribution is -2.51. The number of hydrogen-bond donors (Lipinski definition) is 1. The quantitative estimate of drug-likeness (QED) is 0.597. The SMILES string of the molecule is O=S1(=O)C[C@@H]2[C@H](O)[C@@H](Br)[C@@H]2C1. The minimum atomic E-state index is -2.84. The van der Waals surface area contributed by atoms with Gasteiger partial charge >= 0.3 is 0 Å². The minimum Gasteiger partial charge on any atom is -0.392 e. The molecular formula is C6H9BrO3S. The van der Waals surface area contributed by atoms with Crippen molar-refractivity contribution >= 4 is 25.8 Å². The lowest BCUT2D eigenvalue weighted by molar-refractivity contribution is 0.00832. The smallest absolute Gasteiger partial charge is 0.151 e. The zero-order valence-corrected chi connectivity index (χ0v) is 8.18. The molecular weight excluding hydrogens is 232 g/mol. The average Bonchev–Trinajstić information content (AvgIpc) is 2.23. The molecule has 1 saturated heterocycles. The van der Waals surface area contributed by atoms with Crippen LogP contribution in [0.1, 0.15) is 0 Å². The number of halogens is 1. The van der Waals surface area contributed by atoms with Gasteiger partial charge in [-0.3, -0.25) is 0 Å². The predicted octanol–water partition coefficient (Wildman–Crippen LogP) is -0.215. The summed E-state index contributed by atoms with van der Waals surface area (Å²) >= 11 is 3.27. The van der Waals surface area contributed by atoms with E-state index in [2.05, 4.69) is 15.9 Å². The van der Waals surface area contributed by atoms with Crippen molar-refractivity contribution in [2.45, 2.75) is 10.9 Å². The number of sulfone groups is 1. The Balaban J connectivity index is 2.22. The molecule has 5 heteroatoms. The molecule has 0 bridgehead atoms. The number of fused-ring (bicyclic) bond motifs is 1. The molecule has 0 aromatic carbocycles. The van der Waals surface area contributed by atoms with E-state index in [0.29, 0.717) is 0 Å². The van der Waals surface area contributed by atoms with E-state index >= 15 is 0 Å². The van der Waals surface area contributed by atoms with Crippen LogP contribution in [0.3, 0.4) is 0 Å².